The number of aromatic nitrogens is 3. The molecule has 0 saturated heterocycles. The number of benzene rings is 1. The minimum atomic E-state index is -1.03. The van der Waals surface area contributed by atoms with Crippen molar-refractivity contribution in [3.05, 3.63) is 36.3 Å². The summed E-state index contributed by atoms with van der Waals surface area (Å²) < 4.78 is 13.9. The van der Waals surface area contributed by atoms with Gasteiger partial charge in [-0.15, -0.1) is 5.10 Å². The third-order valence-corrected chi connectivity index (χ3v) is 3.38. The van der Waals surface area contributed by atoms with Crippen molar-refractivity contribution < 1.29 is 19.1 Å². The van der Waals surface area contributed by atoms with Gasteiger partial charge in [0, 0.05) is 12.1 Å². The Morgan fingerprint density at radius 2 is 2.00 bits per heavy atom. The average Bonchev–Trinajstić information content (AvgIpc) is 3.04. The molecule has 0 aliphatic rings. The summed E-state index contributed by atoms with van der Waals surface area (Å²) in [7, 11) is 0. The highest BCUT2D eigenvalue weighted by Crippen LogP contribution is 2.16. The maximum Gasteiger partial charge on any atom is 0.343 e. The molecule has 0 saturated carbocycles. The summed E-state index contributed by atoms with van der Waals surface area (Å²) >= 11 is 0. The summed E-state index contributed by atoms with van der Waals surface area (Å²) in [6, 6.07) is 4.38. The van der Waals surface area contributed by atoms with Crippen molar-refractivity contribution in [2.45, 2.75) is 25.3 Å². The zero-order valence-electron chi connectivity index (χ0n) is 12.9. The standard InChI is InChI=1S/C15H18FN5O3/c16-11-6-4-10(5-7-11)13-9-21(20-19-13)15(24)18-8-2-1-3-12(17)14(22)23/h4-7,9,12H,1-3,8,17H2,(H,18,24)(H,22,23)/t12-/m0/s1. The summed E-state index contributed by atoms with van der Waals surface area (Å²) in [6.45, 7) is 0.372. The van der Waals surface area contributed by atoms with Crippen LogP contribution in [0.3, 0.4) is 0 Å². The van der Waals surface area contributed by atoms with E-state index in [9.17, 15) is 14.0 Å². The second kappa shape index (κ2) is 8.16. The van der Waals surface area contributed by atoms with E-state index in [1.54, 1.807) is 12.1 Å². The van der Waals surface area contributed by atoms with Crippen molar-refractivity contribution in [2.24, 2.45) is 5.73 Å². The van der Waals surface area contributed by atoms with Gasteiger partial charge >= 0.3 is 12.0 Å². The molecule has 9 heteroatoms. The molecule has 0 spiro atoms. The van der Waals surface area contributed by atoms with Crippen molar-refractivity contribution in [3.63, 3.8) is 0 Å². The van der Waals surface area contributed by atoms with Crippen LogP contribution in [0.2, 0.25) is 0 Å². The molecule has 2 rings (SSSR count). The number of hydrogen-bond donors (Lipinski definition) is 3. The van der Waals surface area contributed by atoms with E-state index in [-0.39, 0.29) is 5.82 Å². The van der Waals surface area contributed by atoms with Crippen LogP contribution in [0.1, 0.15) is 19.3 Å². The summed E-state index contributed by atoms with van der Waals surface area (Å²) in [5, 5.41) is 18.9. The number of carboxylic acid groups (broad SMARTS) is 1. The third kappa shape index (κ3) is 4.85. The monoisotopic (exact) mass is 335 g/mol. The van der Waals surface area contributed by atoms with Crippen LogP contribution in [0, 0.1) is 5.82 Å². The molecule has 4 N–H and O–H groups in total. The van der Waals surface area contributed by atoms with Gasteiger partial charge in [-0.25, -0.2) is 9.18 Å². The maximum atomic E-state index is 12.9. The van der Waals surface area contributed by atoms with Crippen LogP contribution in [0.15, 0.2) is 30.5 Å². The molecule has 1 atom stereocenters. The van der Waals surface area contributed by atoms with Gasteiger partial charge in [0.1, 0.15) is 17.6 Å². The van der Waals surface area contributed by atoms with Crippen LogP contribution in [-0.4, -0.2) is 44.7 Å². The molecule has 1 aromatic heterocycles. The van der Waals surface area contributed by atoms with E-state index in [4.69, 9.17) is 10.8 Å². The van der Waals surface area contributed by atoms with E-state index in [0.717, 1.165) is 4.68 Å². The first kappa shape index (κ1) is 17.5. The topological polar surface area (TPSA) is 123 Å². The van der Waals surface area contributed by atoms with Gasteiger partial charge in [-0.2, -0.15) is 4.68 Å². The second-order valence-electron chi connectivity index (χ2n) is 5.23. The zero-order chi connectivity index (χ0) is 17.5. The zero-order valence-corrected chi connectivity index (χ0v) is 12.9. The van der Waals surface area contributed by atoms with Crippen LogP contribution in [0.25, 0.3) is 11.3 Å². The van der Waals surface area contributed by atoms with E-state index < -0.39 is 18.0 Å². The van der Waals surface area contributed by atoms with Crippen molar-refractivity contribution in [1.82, 2.24) is 20.3 Å². The molecule has 24 heavy (non-hydrogen) atoms. The molecule has 0 radical (unpaired) electrons. The fourth-order valence-electron chi connectivity index (χ4n) is 2.01. The fourth-order valence-corrected chi connectivity index (χ4v) is 2.01. The van der Waals surface area contributed by atoms with Crippen molar-refractivity contribution >= 4 is 12.0 Å². The van der Waals surface area contributed by atoms with Crippen molar-refractivity contribution in [2.75, 3.05) is 6.54 Å². The highest BCUT2D eigenvalue weighted by atomic mass is 19.1. The molecule has 1 amide bonds. The highest BCUT2D eigenvalue weighted by Gasteiger charge is 2.11. The van der Waals surface area contributed by atoms with Crippen molar-refractivity contribution in [3.8, 4) is 11.3 Å². The molecule has 128 valence electrons. The number of hydrogen-bond acceptors (Lipinski definition) is 5. The number of unbranched alkanes of at least 4 members (excludes halogenated alkanes) is 1. The van der Waals surface area contributed by atoms with Gasteiger partial charge < -0.3 is 16.2 Å². The summed E-state index contributed by atoms with van der Waals surface area (Å²) in [4.78, 5) is 22.5. The third-order valence-electron chi connectivity index (χ3n) is 3.38. The number of amides is 1. The molecule has 0 fully saturated rings. The number of nitrogens with zero attached hydrogens (tertiary/aromatic N) is 3. The molecular weight excluding hydrogens is 317 g/mol. The molecule has 0 aliphatic carbocycles. The lowest BCUT2D eigenvalue weighted by Crippen LogP contribution is -2.31. The first-order valence-electron chi connectivity index (χ1n) is 7.42. The van der Waals surface area contributed by atoms with E-state index in [0.29, 0.717) is 37.1 Å². The van der Waals surface area contributed by atoms with Gasteiger partial charge in [0.2, 0.25) is 0 Å². The number of rotatable bonds is 7. The second-order valence-corrected chi connectivity index (χ2v) is 5.23. The predicted molar refractivity (Wildman–Crippen MR) is 83.7 cm³/mol. The van der Waals surface area contributed by atoms with Crippen LogP contribution >= 0.6 is 0 Å². The van der Waals surface area contributed by atoms with Crippen LogP contribution in [0.5, 0.6) is 0 Å². The number of aliphatic carboxylic acids is 1. The number of halogens is 1. The molecule has 0 bridgehead atoms. The summed E-state index contributed by atoms with van der Waals surface area (Å²) in [6.07, 6.45) is 2.99. The largest absolute Gasteiger partial charge is 0.480 e. The Bertz CT molecular complexity index is 701. The Balaban J connectivity index is 1.79. The summed E-state index contributed by atoms with van der Waals surface area (Å²) in [5.74, 6) is -1.39. The van der Waals surface area contributed by atoms with E-state index in [1.807, 2.05) is 0 Å². The molecule has 0 unspecified atom stereocenters. The number of carbonyl (C=O) groups is 2. The molecule has 0 aliphatic heterocycles. The average molecular weight is 335 g/mol. The Labute approximate surface area is 137 Å². The normalized spacial score (nSPS) is 11.9. The van der Waals surface area contributed by atoms with Crippen LogP contribution in [-0.2, 0) is 4.79 Å². The van der Waals surface area contributed by atoms with Crippen LogP contribution in [0.4, 0.5) is 9.18 Å². The van der Waals surface area contributed by atoms with Gasteiger partial charge in [0.05, 0.1) is 6.20 Å². The highest BCUT2D eigenvalue weighted by molar-refractivity contribution is 5.76. The van der Waals surface area contributed by atoms with Crippen molar-refractivity contribution in [1.29, 1.82) is 0 Å². The smallest absolute Gasteiger partial charge is 0.343 e. The van der Waals surface area contributed by atoms with E-state index >= 15 is 0 Å². The number of nitrogens with one attached hydrogen (secondary N) is 1. The Morgan fingerprint density at radius 1 is 1.29 bits per heavy atom. The molecule has 1 heterocycles. The van der Waals surface area contributed by atoms with E-state index in [2.05, 4.69) is 15.6 Å². The number of nitrogens with two attached hydrogens (primary N) is 1. The lowest BCUT2D eigenvalue weighted by molar-refractivity contribution is -0.138. The first-order chi connectivity index (χ1) is 11.5. The van der Waals surface area contributed by atoms with Gasteiger partial charge in [-0.3, -0.25) is 4.79 Å². The first-order valence-corrected chi connectivity index (χ1v) is 7.42. The van der Waals surface area contributed by atoms with Crippen LogP contribution < -0.4 is 11.1 Å². The molecular formula is C15H18FN5O3. The number of carbonyl (C=O) groups excluding carboxylic acids is 1. The molecule has 2 aromatic rings. The lowest BCUT2D eigenvalue weighted by Gasteiger charge is -2.06. The minimum Gasteiger partial charge on any atom is -0.480 e. The molecule has 1 aromatic carbocycles. The Morgan fingerprint density at radius 3 is 2.67 bits per heavy atom. The van der Waals surface area contributed by atoms with Gasteiger partial charge in [-0.05, 0) is 43.5 Å². The minimum absolute atomic E-state index is 0.350. The van der Waals surface area contributed by atoms with Gasteiger partial charge in [0.15, 0.2) is 0 Å². The number of carboxylic acids is 1. The Kier molecular flexibility index (Phi) is 5.96. The SMILES string of the molecule is N[C@@H](CCCCNC(=O)n1cc(-c2ccc(F)cc2)nn1)C(=O)O. The summed E-state index contributed by atoms with van der Waals surface area (Å²) in [5.41, 5.74) is 6.49. The molecule has 8 nitrogen and oxygen atoms in total. The predicted octanol–water partition coefficient (Wildman–Crippen LogP) is 1.22. The van der Waals surface area contributed by atoms with Gasteiger partial charge in [0.25, 0.3) is 0 Å². The fraction of sp³-hybridized carbons (Fsp3) is 0.333. The lowest BCUT2D eigenvalue weighted by atomic mass is 10.1. The Hall–Kier alpha value is -2.81. The van der Waals surface area contributed by atoms with Gasteiger partial charge in [-0.1, -0.05) is 5.21 Å². The maximum absolute atomic E-state index is 12.9. The van der Waals surface area contributed by atoms with E-state index in [1.165, 1.54) is 18.3 Å². The quantitative estimate of drug-likeness (QED) is 0.654.